The summed E-state index contributed by atoms with van der Waals surface area (Å²) >= 11 is 0. The van der Waals surface area contributed by atoms with E-state index in [4.69, 9.17) is 4.74 Å². The van der Waals surface area contributed by atoms with Crippen molar-refractivity contribution in [2.45, 2.75) is 6.18 Å². The Labute approximate surface area is 171 Å². The molecule has 2 fully saturated rings. The van der Waals surface area contributed by atoms with Crippen LogP contribution in [0.15, 0.2) is 30.6 Å². The fourth-order valence-electron chi connectivity index (χ4n) is 3.44. The minimum Gasteiger partial charge on any atom is -0.378 e. The molecule has 0 atom stereocenters. The number of amides is 1. The zero-order valence-corrected chi connectivity index (χ0v) is 16.2. The van der Waals surface area contributed by atoms with E-state index >= 15 is 0 Å². The van der Waals surface area contributed by atoms with Crippen LogP contribution in [0.3, 0.4) is 0 Å². The van der Waals surface area contributed by atoms with E-state index in [1.54, 1.807) is 11.1 Å². The predicted octanol–water partition coefficient (Wildman–Crippen LogP) is 1.69. The number of halogens is 3. The third kappa shape index (κ3) is 4.45. The number of aromatic nitrogens is 3. The molecule has 2 aliphatic heterocycles. The molecule has 0 aliphatic carbocycles. The number of alkyl halides is 3. The lowest BCUT2D eigenvalue weighted by molar-refractivity contribution is -0.141. The van der Waals surface area contributed by atoms with Crippen LogP contribution in [0.2, 0.25) is 0 Å². The van der Waals surface area contributed by atoms with Crippen molar-refractivity contribution < 1.29 is 22.7 Å². The van der Waals surface area contributed by atoms with E-state index in [1.165, 1.54) is 6.07 Å². The first-order valence-corrected chi connectivity index (χ1v) is 9.65. The number of carbonyl (C=O) groups excluding carboxylic acids is 1. The Morgan fingerprint density at radius 3 is 2.30 bits per heavy atom. The number of rotatable bonds is 3. The van der Waals surface area contributed by atoms with Crippen molar-refractivity contribution in [3.05, 3.63) is 41.9 Å². The average Bonchev–Trinajstić information content (AvgIpc) is 2.79. The number of pyridine rings is 1. The van der Waals surface area contributed by atoms with E-state index < -0.39 is 11.9 Å². The summed E-state index contributed by atoms with van der Waals surface area (Å²) in [6.07, 6.45) is -1.82. The van der Waals surface area contributed by atoms with Crippen LogP contribution in [-0.4, -0.2) is 78.2 Å². The van der Waals surface area contributed by atoms with Gasteiger partial charge in [0.05, 0.1) is 18.8 Å². The van der Waals surface area contributed by atoms with Crippen molar-refractivity contribution in [3.63, 3.8) is 0 Å². The number of anilines is 2. The highest BCUT2D eigenvalue weighted by atomic mass is 19.4. The summed E-state index contributed by atoms with van der Waals surface area (Å²) in [5.74, 6) is 1.12. The highest BCUT2D eigenvalue weighted by Crippen LogP contribution is 2.27. The van der Waals surface area contributed by atoms with Crippen LogP contribution < -0.4 is 9.80 Å². The Morgan fingerprint density at radius 2 is 1.67 bits per heavy atom. The van der Waals surface area contributed by atoms with Gasteiger partial charge in [-0.1, -0.05) is 0 Å². The van der Waals surface area contributed by atoms with E-state index in [-0.39, 0.29) is 11.5 Å². The number of hydrogen-bond donors (Lipinski definition) is 0. The minimum absolute atomic E-state index is 0.146. The summed E-state index contributed by atoms with van der Waals surface area (Å²) < 4.78 is 43.3. The Hall–Kier alpha value is -2.95. The maximum Gasteiger partial charge on any atom is 0.433 e. The second-order valence-electron chi connectivity index (χ2n) is 7.02. The first-order valence-electron chi connectivity index (χ1n) is 9.65. The fraction of sp³-hybridized carbons (Fsp3) is 0.474. The third-order valence-corrected chi connectivity index (χ3v) is 5.11. The average molecular weight is 422 g/mol. The van der Waals surface area contributed by atoms with Crippen molar-refractivity contribution in [1.82, 2.24) is 19.9 Å². The highest BCUT2D eigenvalue weighted by Gasteiger charge is 2.32. The van der Waals surface area contributed by atoms with Gasteiger partial charge in [-0.25, -0.2) is 4.98 Å². The molecule has 11 heteroatoms. The molecule has 30 heavy (non-hydrogen) atoms. The van der Waals surface area contributed by atoms with Gasteiger partial charge in [0.15, 0.2) is 0 Å². The van der Waals surface area contributed by atoms with Crippen LogP contribution in [0.4, 0.5) is 24.9 Å². The van der Waals surface area contributed by atoms with E-state index in [0.29, 0.717) is 45.3 Å². The summed E-state index contributed by atoms with van der Waals surface area (Å²) in [5, 5.41) is 0. The van der Waals surface area contributed by atoms with Gasteiger partial charge in [0.25, 0.3) is 5.91 Å². The number of piperazine rings is 1. The normalized spacial score (nSPS) is 17.9. The summed E-state index contributed by atoms with van der Waals surface area (Å²) in [5.41, 5.74) is -0.864. The van der Waals surface area contributed by atoms with Gasteiger partial charge in [-0.15, -0.1) is 0 Å². The molecule has 2 aliphatic rings. The molecule has 4 rings (SSSR count). The molecule has 0 N–H and O–H groups in total. The SMILES string of the molecule is O=C(c1ccc(C(F)(F)F)nc1)N1CCN(c2ccnc(N3CCOCC3)n2)CC1. The topological polar surface area (TPSA) is 74.7 Å². The van der Waals surface area contributed by atoms with E-state index in [1.807, 2.05) is 6.07 Å². The highest BCUT2D eigenvalue weighted by molar-refractivity contribution is 5.94. The number of hydrogen-bond acceptors (Lipinski definition) is 7. The van der Waals surface area contributed by atoms with Crippen LogP contribution in [0, 0.1) is 0 Å². The van der Waals surface area contributed by atoms with Gasteiger partial charge >= 0.3 is 6.18 Å². The van der Waals surface area contributed by atoms with Gasteiger partial charge in [-0.3, -0.25) is 9.78 Å². The molecule has 0 unspecified atom stereocenters. The third-order valence-electron chi connectivity index (χ3n) is 5.11. The number of nitrogens with zero attached hydrogens (tertiary/aromatic N) is 6. The summed E-state index contributed by atoms with van der Waals surface area (Å²) in [7, 11) is 0. The van der Waals surface area contributed by atoms with Crippen LogP contribution in [0.25, 0.3) is 0 Å². The zero-order chi connectivity index (χ0) is 21.1. The molecule has 8 nitrogen and oxygen atoms in total. The molecule has 2 aromatic rings. The number of ether oxygens (including phenoxy) is 1. The molecule has 4 heterocycles. The van der Waals surface area contributed by atoms with Crippen molar-refractivity contribution in [3.8, 4) is 0 Å². The molecule has 0 radical (unpaired) electrons. The van der Waals surface area contributed by atoms with Gasteiger partial charge in [0, 0.05) is 51.7 Å². The summed E-state index contributed by atoms with van der Waals surface area (Å²) in [6, 6.07) is 3.84. The van der Waals surface area contributed by atoms with E-state index in [0.717, 1.165) is 31.2 Å². The standard InChI is InChI=1S/C19H21F3N6O2/c20-19(21,22)15-2-1-14(13-24-15)17(29)27-7-5-26(6-8-27)16-3-4-23-18(25-16)28-9-11-30-12-10-28/h1-4,13H,5-12H2. The lowest BCUT2D eigenvalue weighted by Gasteiger charge is -2.36. The predicted molar refractivity (Wildman–Crippen MR) is 102 cm³/mol. The van der Waals surface area contributed by atoms with E-state index in [2.05, 4.69) is 24.8 Å². The van der Waals surface area contributed by atoms with Crippen LogP contribution in [0.1, 0.15) is 16.1 Å². The molecule has 1 amide bonds. The molecule has 2 saturated heterocycles. The lowest BCUT2D eigenvalue weighted by Crippen LogP contribution is -2.49. The molecule has 160 valence electrons. The largest absolute Gasteiger partial charge is 0.433 e. The minimum atomic E-state index is -4.52. The van der Waals surface area contributed by atoms with Crippen molar-refractivity contribution in [2.75, 3.05) is 62.3 Å². The zero-order valence-electron chi connectivity index (χ0n) is 16.2. The van der Waals surface area contributed by atoms with Crippen molar-refractivity contribution in [1.29, 1.82) is 0 Å². The smallest absolute Gasteiger partial charge is 0.378 e. The van der Waals surface area contributed by atoms with Gasteiger partial charge in [-0.2, -0.15) is 18.2 Å². The van der Waals surface area contributed by atoms with Crippen LogP contribution in [-0.2, 0) is 10.9 Å². The second kappa shape index (κ2) is 8.42. The maximum absolute atomic E-state index is 12.6. The lowest BCUT2D eigenvalue weighted by atomic mass is 10.2. The Kier molecular flexibility index (Phi) is 5.71. The Bertz CT molecular complexity index is 879. The maximum atomic E-state index is 12.6. The molecular weight excluding hydrogens is 401 g/mol. The number of morpholine rings is 1. The van der Waals surface area contributed by atoms with Crippen LogP contribution >= 0.6 is 0 Å². The quantitative estimate of drug-likeness (QED) is 0.745. The monoisotopic (exact) mass is 422 g/mol. The number of carbonyl (C=O) groups is 1. The molecular formula is C19H21F3N6O2. The Morgan fingerprint density at radius 1 is 0.933 bits per heavy atom. The second-order valence-corrected chi connectivity index (χ2v) is 7.02. The summed E-state index contributed by atoms with van der Waals surface area (Å²) in [6.45, 7) is 4.80. The van der Waals surface area contributed by atoms with Crippen LogP contribution in [0.5, 0.6) is 0 Å². The van der Waals surface area contributed by atoms with Gasteiger partial charge in [0.1, 0.15) is 11.5 Å². The first kappa shape index (κ1) is 20.3. The van der Waals surface area contributed by atoms with Gasteiger partial charge in [0.2, 0.25) is 5.95 Å². The first-order chi connectivity index (χ1) is 14.4. The Balaban J connectivity index is 1.37. The molecule has 0 bridgehead atoms. The molecule has 0 saturated carbocycles. The molecule has 0 aromatic carbocycles. The molecule has 2 aromatic heterocycles. The van der Waals surface area contributed by atoms with Crippen molar-refractivity contribution >= 4 is 17.7 Å². The van der Waals surface area contributed by atoms with E-state index in [9.17, 15) is 18.0 Å². The van der Waals surface area contributed by atoms with Gasteiger partial charge in [-0.05, 0) is 18.2 Å². The molecule has 0 spiro atoms. The summed E-state index contributed by atoms with van der Waals surface area (Å²) in [4.78, 5) is 30.7. The van der Waals surface area contributed by atoms with Crippen molar-refractivity contribution in [2.24, 2.45) is 0 Å². The fourth-order valence-corrected chi connectivity index (χ4v) is 3.44. The van der Waals surface area contributed by atoms with Gasteiger partial charge < -0.3 is 19.4 Å².